The lowest BCUT2D eigenvalue weighted by molar-refractivity contribution is 1.07. The summed E-state index contributed by atoms with van der Waals surface area (Å²) in [6.07, 6.45) is 1.71. The van der Waals surface area contributed by atoms with Crippen molar-refractivity contribution in [1.82, 2.24) is 9.97 Å². The number of H-pyrrole nitrogens is 1. The van der Waals surface area contributed by atoms with Crippen LogP contribution in [0.15, 0.2) is 30.6 Å². The van der Waals surface area contributed by atoms with E-state index in [1.54, 1.807) is 6.33 Å². The fourth-order valence-corrected chi connectivity index (χ4v) is 1.45. The zero-order valence-corrected chi connectivity index (χ0v) is 8.12. The second-order valence-corrected chi connectivity index (χ2v) is 3.28. The van der Waals surface area contributed by atoms with Gasteiger partial charge >= 0.3 is 0 Å². The highest BCUT2D eigenvalue weighted by Crippen LogP contribution is 2.19. The van der Waals surface area contributed by atoms with Crippen molar-refractivity contribution in [3.05, 3.63) is 41.9 Å². The summed E-state index contributed by atoms with van der Waals surface area (Å²) in [5.41, 5.74) is 9.89. The molecule has 0 aliphatic carbocycles. The molecule has 0 radical (unpaired) electrons. The molecule has 14 heavy (non-hydrogen) atoms. The minimum absolute atomic E-state index is 0.583. The van der Waals surface area contributed by atoms with Crippen LogP contribution in [0, 0.1) is 6.92 Å². The average molecular weight is 187 g/mol. The van der Waals surface area contributed by atoms with Crippen LogP contribution in [-0.4, -0.2) is 9.97 Å². The zero-order chi connectivity index (χ0) is 9.97. The van der Waals surface area contributed by atoms with Gasteiger partial charge in [-0.3, -0.25) is 0 Å². The first-order valence-corrected chi connectivity index (χ1v) is 4.60. The van der Waals surface area contributed by atoms with Gasteiger partial charge in [-0.2, -0.15) is 0 Å². The van der Waals surface area contributed by atoms with Gasteiger partial charge in [-0.15, -0.1) is 0 Å². The molecule has 0 aliphatic rings. The molecule has 0 bridgehead atoms. The summed E-state index contributed by atoms with van der Waals surface area (Å²) >= 11 is 0. The van der Waals surface area contributed by atoms with E-state index in [2.05, 4.69) is 9.97 Å². The lowest BCUT2D eigenvalue weighted by Crippen LogP contribution is -1.95. The molecule has 1 aromatic heterocycles. The molecule has 2 rings (SSSR count). The Morgan fingerprint density at radius 3 is 2.50 bits per heavy atom. The normalized spacial score (nSPS) is 10.4. The summed E-state index contributed by atoms with van der Waals surface area (Å²) in [7, 11) is 0. The molecule has 0 amide bonds. The van der Waals surface area contributed by atoms with E-state index < -0.39 is 0 Å². The summed E-state index contributed by atoms with van der Waals surface area (Å²) in [6.45, 7) is 2.60. The standard InChI is InChI=1S/C11H13N3/c1-8-11(14-7-13-8)10-4-2-9(6-12)3-5-10/h2-5,7H,6,12H2,1H3,(H,13,14). The number of rotatable bonds is 2. The largest absolute Gasteiger partial charge is 0.348 e. The van der Waals surface area contributed by atoms with Gasteiger partial charge in [0.2, 0.25) is 0 Å². The van der Waals surface area contributed by atoms with E-state index in [1.807, 2.05) is 31.2 Å². The topological polar surface area (TPSA) is 54.7 Å². The highest BCUT2D eigenvalue weighted by atomic mass is 14.9. The van der Waals surface area contributed by atoms with E-state index in [0.717, 1.165) is 22.5 Å². The molecule has 0 spiro atoms. The van der Waals surface area contributed by atoms with Crippen molar-refractivity contribution in [2.24, 2.45) is 5.73 Å². The number of hydrogen-bond donors (Lipinski definition) is 2. The highest BCUT2D eigenvalue weighted by Gasteiger charge is 2.03. The average Bonchev–Trinajstić information content (AvgIpc) is 2.65. The van der Waals surface area contributed by atoms with Crippen LogP contribution in [0.5, 0.6) is 0 Å². The molecule has 1 heterocycles. The Labute approximate surface area is 83.0 Å². The van der Waals surface area contributed by atoms with Crippen LogP contribution in [0.25, 0.3) is 11.3 Å². The number of nitrogens with two attached hydrogens (primary N) is 1. The number of aromatic nitrogens is 2. The lowest BCUT2D eigenvalue weighted by atomic mass is 10.1. The Bertz CT molecular complexity index is 414. The number of nitrogens with zero attached hydrogens (tertiary/aromatic N) is 1. The van der Waals surface area contributed by atoms with Crippen molar-refractivity contribution < 1.29 is 0 Å². The molecule has 3 heteroatoms. The van der Waals surface area contributed by atoms with E-state index in [1.165, 1.54) is 0 Å². The number of benzene rings is 1. The molecule has 3 N–H and O–H groups in total. The predicted molar refractivity (Wildman–Crippen MR) is 56.7 cm³/mol. The first kappa shape index (κ1) is 8.97. The second kappa shape index (κ2) is 3.64. The molecule has 0 atom stereocenters. The molecule has 0 aliphatic heterocycles. The van der Waals surface area contributed by atoms with Gasteiger partial charge in [-0.25, -0.2) is 4.98 Å². The van der Waals surface area contributed by atoms with E-state index in [4.69, 9.17) is 5.73 Å². The lowest BCUT2D eigenvalue weighted by Gasteiger charge is -2.00. The van der Waals surface area contributed by atoms with Crippen LogP contribution in [0.3, 0.4) is 0 Å². The van der Waals surface area contributed by atoms with Crippen molar-refractivity contribution in [3.8, 4) is 11.3 Å². The van der Waals surface area contributed by atoms with E-state index in [9.17, 15) is 0 Å². The van der Waals surface area contributed by atoms with Crippen LogP contribution in [0.2, 0.25) is 0 Å². The van der Waals surface area contributed by atoms with Crippen LogP contribution in [0.1, 0.15) is 11.3 Å². The monoisotopic (exact) mass is 187 g/mol. The molecule has 72 valence electrons. The Hall–Kier alpha value is -1.61. The third-order valence-corrected chi connectivity index (χ3v) is 2.29. The Kier molecular flexibility index (Phi) is 2.33. The minimum atomic E-state index is 0.583. The Morgan fingerprint density at radius 2 is 2.00 bits per heavy atom. The second-order valence-electron chi connectivity index (χ2n) is 3.28. The first-order valence-electron chi connectivity index (χ1n) is 4.60. The van der Waals surface area contributed by atoms with Crippen molar-refractivity contribution >= 4 is 0 Å². The SMILES string of the molecule is Cc1[nH]cnc1-c1ccc(CN)cc1. The molecule has 0 fully saturated rings. The third kappa shape index (κ3) is 1.54. The van der Waals surface area contributed by atoms with Gasteiger partial charge < -0.3 is 10.7 Å². The van der Waals surface area contributed by atoms with Crippen molar-refractivity contribution in [3.63, 3.8) is 0 Å². The number of hydrogen-bond acceptors (Lipinski definition) is 2. The van der Waals surface area contributed by atoms with Gasteiger partial charge in [-0.05, 0) is 12.5 Å². The Morgan fingerprint density at radius 1 is 1.29 bits per heavy atom. The highest BCUT2D eigenvalue weighted by molar-refractivity contribution is 5.61. The summed E-state index contributed by atoms with van der Waals surface area (Å²) in [5, 5.41) is 0. The van der Waals surface area contributed by atoms with E-state index in [0.29, 0.717) is 6.54 Å². The summed E-state index contributed by atoms with van der Waals surface area (Å²) < 4.78 is 0. The molecular formula is C11H13N3. The van der Waals surface area contributed by atoms with Gasteiger partial charge in [0.1, 0.15) is 0 Å². The first-order chi connectivity index (χ1) is 6.81. The molecule has 1 aromatic carbocycles. The quantitative estimate of drug-likeness (QED) is 0.753. The van der Waals surface area contributed by atoms with Crippen LogP contribution < -0.4 is 5.73 Å². The maximum absolute atomic E-state index is 5.53. The van der Waals surface area contributed by atoms with Gasteiger partial charge in [-0.1, -0.05) is 24.3 Å². The summed E-state index contributed by atoms with van der Waals surface area (Å²) in [5.74, 6) is 0. The summed E-state index contributed by atoms with van der Waals surface area (Å²) in [6, 6.07) is 8.16. The maximum Gasteiger partial charge on any atom is 0.0929 e. The number of imidazole rings is 1. The van der Waals surface area contributed by atoms with Crippen molar-refractivity contribution in [1.29, 1.82) is 0 Å². The zero-order valence-electron chi connectivity index (χ0n) is 8.12. The van der Waals surface area contributed by atoms with E-state index in [-0.39, 0.29) is 0 Å². The summed E-state index contributed by atoms with van der Waals surface area (Å²) in [4.78, 5) is 7.31. The molecular weight excluding hydrogens is 174 g/mol. The number of aryl methyl sites for hydroxylation is 1. The predicted octanol–water partition coefficient (Wildman–Crippen LogP) is 1.84. The molecule has 3 nitrogen and oxygen atoms in total. The molecule has 0 unspecified atom stereocenters. The molecule has 0 saturated heterocycles. The number of nitrogens with one attached hydrogen (secondary N) is 1. The Balaban J connectivity index is 2.39. The van der Waals surface area contributed by atoms with Crippen molar-refractivity contribution in [2.75, 3.05) is 0 Å². The van der Waals surface area contributed by atoms with Crippen LogP contribution in [-0.2, 0) is 6.54 Å². The minimum Gasteiger partial charge on any atom is -0.348 e. The third-order valence-electron chi connectivity index (χ3n) is 2.29. The number of aromatic amines is 1. The van der Waals surface area contributed by atoms with Crippen LogP contribution >= 0.6 is 0 Å². The van der Waals surface area contributed by atoms with Gasteiger partial charge in [0, 0.05) is 17.8 Å². The smallest absolute Gasteiger partial charge is 0.0929 e. The molecule has 0 saturated carbocycles. The van der Waals surface area contributed by atoms with Crippen LogP contribution in [0.4, 0.5) is 0 Å². The van der Waals surface area contributed by atoms with E-state index >= 15 is 0 Å². The molecule has 2 aromatic rings. The van der Waals surface area contributed by atoms with Crippen molar-refractivity contribution in [2.45, 2.75) is 13.5 Å². The maximum atomic E-state index is 5.53. The van der Waals surface area contributed by atoms with Gasteiger partial charge in [0.15, 0.2) is 0 Å². The fourth-order valence-electron chi connectivity index (χ4n) is 1.45. The van der Waals surface area contributed by atoms with Gasteiger partial charge in [0.25, 0.3) is 0 Å². The van der Waals surface area contributed by atoms with Gasteiger partial charge in [0.05, 0.1) is 12.0 Å². The fraction of sp³-hybridized carbons (Fsp3) is 0.182.